The number of aliphatic hydroxyl groups is 1. The zero-order valence-electron chi connectivity index (χ0n) is 83.8. The van der Waals surface area contributed by atoms with E-state index in [1.165, 1.54) is 75.9 Å². The maximum Gasteiger partial charge on any atom is 0.336 e. The van der Waals surface area contributed by atoms with Crippen molar-refractivity contribution >= 4 is 95.6 Å². The summed E-state index contributed by atoms with van der Waals surface area (Å²) in [5, 5.41) is 30.2. The summed E-state index contributed by atoms with van der Waals surface area (Å²) >= 11 is 2.88. The zero-order chi connectivity index (χ0) is 104. The van der Waals surface area contributed by atoms with Gasteiger partial charge in [0, 0.05) is 125 Å². The van der Waals surface area contributed by atoms with Crippen molar-refractivity contribution in [1.29, 1.82) is 5.26 Å². The van der Waals surface area contributed by atoms with E-state index in [0.717, 1.165) is 55.6 Å². The summed E-state index contributed by atoms with van der Waals surface area (Å²) in [6, 6.07) is 45.4. The molecule has 766 valence electrons. The molecule has 10 aromatic rings. The molecule has 149 heavy (non-hydrogen) atoms. The molecule has 14 atom stereocenters. The minimum absolute atomic E-state index is 0.0548. The van der Waals surface area contributed by atoms with Crippen LogP contribution in [0.1, 0.15) is 160 Å². The Morgan fingerprint density at radius 1 is 0.430 bits per heavy atom. The maximum atomic E-state index is 15.3. The molecular formula is C115H109N7O25S2. The van der Waals surface area contributed by atoms with Crippen molar-refractivity contribution < 1.29 is 119 Å². The molecule has 24 rings (SSSR count). The number of nitriles is 1. The Morgan fingerprint density at radius 3 is 1.18 bits per heavy atom. The van der Waals surface area contributed by atoms with Crippen LogP contribution in [0.15, 0.2) is 182 Å². The van der Waals surface area contributed by atoms with Gasteiger partial charge in [0.05, 0.1) is 75.2 Å². The van der Waals surface area contributed by atoms with Crippen molar-refractivity contribution in [3.05, 3.63) is 293 Å². The molecule has 2 spiro atoms. The van der Waals surface area contributed by atoms with Crippen molar-refractivity contribution in [2.24, 2.45) is 0 Å². The number of aliphatic hydroxyl groups excluding tert-OH is 1. The first-order valence-electron chi connectivity index (χ1n) is 49.2. The molecule has 0 saturated carbocycles. The van der Waals surface area contributed by atoms with Crippen LogP contribution >= 0.6 is 23.5 Å². The van der Waals surface area contributed by atoms with Crippen LogP contribution < -0.4 is 76.9 Å². The van der Waals surface area contributed by atoms with E-state index in [4.69, 9.17) is 75.8 Å². The van der Waals surface area contributed by atoms with Gasteiger partial charge in [-0.25, -0.2) is 28.8 Å². The molecule has 0 radical (unpaired) electrons. The first-order valence-corrected chi connectivity index (χ1v) is 51.3. The number of likely N-dealkylation sites (N-methyl/N-ethyl adjacent to an activating group) is 2. The Hall–Kier alpha value is -14.8. The molecule has 14 aliphatic heterocycles. The number of rotatable bonds is 18. The first-order chi connectivity index (χ1) is 72.2. The van der Waals surface area contributed by atoms with Crippen LogP contribution in [-0.2, 0) is 84.6 Å². The number of nitrogens with one attached hydrogen (secondary N) is 2. The fraction of sp³-hybridized carbons (Fsp3) is 0.330. The molecule has 10 aromatic carbocycles. The second kappa shape index (κ2) is 41.0. The molecule has 3 N–H and O–H groups in total. The van der Waals surface area contributed by atoms with E-state index in [1.807, 2.05) is 180 Å². The Labute approximate surface area is 868 Å². The highest BCUT2D eigenvalue weighted by Crippen LogP contribution is 2.68. The molecule has 34 heteroatoms. The summed E-state index contributed by atoms with van der Waals surface area (Å²) in [5.41, 5.74) is 11.1. The lowest BCUT2D eigenvalue weighted by Gasteiger charge is -2.62. The molecule has 14 aliphatic rings. The molecule has 2 unspecified atom stereocenters. The van der Waals surface area contributed by atoms with Gasteiger partial charge in [0.25, 0.3) is 0 Å². The molecule has 8 bridgehead atoms. The van der Waals surface area contributed by atoms with Crippen molar-refractivity contribution in [2.45, 2.75) is 149 Å². The lowest BCUT2D eigenvalue weighted by atomic mass is 9.71. The fourth-order valence-corrected chi connectivity index (χ4v) is 27.3. The summed E-state index contributed by atoms with van der Waals surface area (Å²) < 4.78 is 99.2. The number of thioether (sulfide) groups is 2. The first kappa shape index (κ1) is 100. The number of ether oxygens (including phenoxy) is 16. The molecule has 0 aliphatic carbocycles. The number of hydrogen-bond donors (Lipinski definition) is 3. The Morgan fingerprint density at radius 2 is 0.799 bits per heavy atom. The number of piperazine rings is 2. The van der Waals surface area contributed by atoms with Gasteiger partial charge in [-0.2, -0.15) is 5.26 Å². The molecular weight excluding hydrogens is 1940 g/mol. The SMILES string of the molecule is COc1cc2c(cc1OC(=O)/C=C/c1ccccc1)CCN[C@]21CS[C@@H]2c3c(OC(C)=O)c(C)c4c(c3[C@H](COC1=O)N1C2[C@H]2c3c(cc(C)c(OC)c3OC(=O)/C=C/c3ccccc3)C[C@@H]([C@@H]1C#N)N2C)OCO4.COc1cc2c(cc1OC(=O)/C=C/c1ccccc1)CCN[C@]21CS[C@@H]2c3c(OC(C)=O)c(C)c4c(c3[C@H](COC1=O)N1C2[C@H]2c3c(cc(C)c(OC)c3OC(=O)/C=C/c3ccccc3)C[C@@H]([C@@H]1O)N2C)OCO4. The van der Waals surface area contributed by atoms with Crippen molar-refractivity contribution in [3.8, 4) is 86.6 Å². The van der Waals surface area contributed by atoms with Crippen molar-refractivity contribution in [3.63, 3.8) is 0 Å². The number of methoxy groups -OCH3 is 4. The van der Waals surface area contributed by atoms with E-state index in [2.05, 4.69) is 31.4 Å². The van der Waals surface area contributed by atoms with Gasteiger partial charge in [0.1, 0.15) is 37.0 Å². The van der Waals surface area contributed by atoms with Gasteiger partial charge in [-0.05, 0) is 183 Å². The number of carbonyl (C=O) groups excluding carboxylic acids is 8. The van der Waals surface area contributed by atoms with Gasteiger partial charge in [0.2, 0.25) is 13.6 Å². The molecule has 4 saturated heterocycles. The predicted molar refractivity (Wildman–Crippen MR) is 550 cm³/mol. The van der Waals surface area contributed by atoms with Gasteiger partial charge in [-0.1, -0.05) is 133 Å². The van der Waals surface area contributed by atoms with E-state index < -0.39 is 130 Å². The smallest absolute Gasteiger partial charge is 0.336 e. The lowest BCUT2D eigenvalue weighted by molar-refractivity contribution is -0.186. The van der Waals surface area contributed by atoms with Gasteiger partial charge in [-0.15, -0.1) is 23.5 Å². The number of benzene rings is 10. The van der Waals surface area contributed by atoms with Gasteiger partial charge in [-0.3, -0.25) is 39.8 Å². The van der Waals surface area contributed by atoms with E-state index >= 15 is 9.59 Å². The van der Waals surface area contributed by atoms with Crippen LogP contribution in [0.2, 0.25) is 0 Å². The summed E-state index contributed by atoms with van der Waals surface area (Å²) in [7, 11) is 9.96. The second-order valence-electron chi connectivity index (χ2n) is 38.6. The topological polar surface area (TPSA) is 365 Å². The largest absolute Gasteiger partial charge is 0.493 e. The van der Waals surface area contributed by atoms with E-state index in [1.54, 1.807) is 62.8 Å². The highest BCUT2D eigenvalue weighted by Gasteiger charge is 2.65. The van der Waals surface area contributed by atoms with Crippen LogP contribution in [0.3, 0.4) is 0 Å². The third-order valence-corrected chi connectivity index (χ3v) is 33.3. The molecule has 0 amide bonds. The normalized spacial score (nSPS) is 24.5. The van der Waals surface area contributed by atoms with Gasteiger partial charge in [0.15, 0.2) is 80.1 Å². The Bertz CT molecular complexity index is 7280. The van der Waals surface area contributed by atoms with Crippen LogP contribution in [0.5, 0.6) is 80.5 Å². The fourth-order valence-electron chi connectivity index (χ4n) is 23.9. The number of nitrogens with zero attached hydrogens (tertiary/aromatic N) is 5. The summed E-state index contributed by atoms with van der Waals surface area (Å²) in [4.78, 5) is 120. The predicted octanol–water partition coefficient (Wildman–Crippen LogP) is 15.1. The molecule has 4 fully saturated rings. The maximum absolute atomic E-state index is 15.3. The van der Waals surface area contributed by atoms with Gasteiger partial charge < -0.3 is 80.9 Å². The monoisotopic (exact) mass is 2050 g/mol. The van der Waals surface area contributed by atoms with Crippen LogP contribution in [-0.4, -0.2) is 203 Å². The highest BCUT2D eigenvalue weighted by molar-refractivity contribution is 7.99. The quantitative estimate of drug-likeness (QED) is 0.0408. The van der Waals surface area contributed by atoms with Gasteiger partial charge >= 0.3 is 47.8 Å². The van der Waals surface area contributed by atoms with Crippen molar-refractivity contribution in [2.75, 3.05) is 93.9 Å². The Kier molecular flexibility index (Phi) is 27.6. The minimum Gasteiger partial charge on any atom is -0.493 e. The number of esters is 8. The van der Waals surface area contributed by atoms with E-state index in [-0.39, 0.29) is 84.3 Å². The number of carbonyl (C=O) groups is 8. The third-order valence-electron chi connectivity index (χ3n) is 30.3. The van der Waals surface area contributed by atoms with Crippen LogP contribution in [0.25, 0.3) is 24.3 Å². The average Bonchev–Trinajstić information content (AvgIpc) is 1.33. The van der Waals surface area contributed by atoms with Crippen molar-refractivity contribution in [1.82, 2.24) is 30.2 Å². The minimum atomic E-state index is -1.49. The van der Waals surface area contributed by atoms with Crippen LogP contribution in [0.4, 0.5) is 0 Å². The third kappa shape index (κ3) is 17.8. The zero-order valence-corrected chi connectivity index (χ0v) is 85.5. The number of hydrogen-bond acceptors (Lipinski definition) is 34. The lowest BCUT2D eigenvalue weighted by Crippen LogP contribution is -2.70. The standard InChI is InChI=1S/C58H54N4O12S.C57H55N3O13S/c1-31-23-37-24-39-40(27-59)62-41-28-69-57(66)58(38-26-42(67-5)43(25-36(38)21-22-60-58)73-44(64)19-17-34-13-9-7-10-14-34)29-75-56(48-47(41)54-53(70-30-71-54)32(2)52(48)72-33(3)63)50(62)49(61(39)4)46(37)55(51(31)68-6)74-45(65)20-18-35-15-11-8-12-16-35;1-30-23-36-24-38-55(64)60-39-27-68-56(65)57(37-26-40(66-5)41(25-35(37)21-22-58-57)72-42(62)19-17-33-13-9-7-10-14-33)28-74-54(46-45(39)52-51(69-29-70-52)31(2)50(46)71-32(3)61)48(60)47(59(38)4)44(36)53(49(30)67-6)73-43(63)20-18-34-15-11-8-12-16-34/h7-20,23,25-26,39-41,49-50,56,60H,21-22,24,28-30H2,1-6H3;7-20,23,25-26,38-39,47-48,54-55,58,64H,21-22,24,27-29H2,1-6H3/b2*19-17+,20-18+/t39-,40-,41-,49+,50?,56+,58+;38-,39-,47+,48?,54+,55-,57+/m00/s1. The van der Waals surface area contributed by atoms with E-state index in [0.29, 0.717) is 129 Å². The summed E-state index contributed by atoms with van der Waals surface area (Å²) in [6.07, 6.45) is 12.8. The van der Waals surface area contributed by atoms with Crippen LogP contribution in [0, 0.1) is 39.0 Å². The van der Waals surface area contributed by atoms with E-state index in [9.17, 15) is 39.1 Å². The average molecular weight is 2050 g/mol. The molecule has 0 aromatic heterocycles. The summed E-state index contributed by atoms with van der Waals surface area (Å²) in [6.45, 7) is 10.1. The molecule has 32 nitrogen and oxygen atoms in total. The second-order valence-corrected chi connectivity index (χ2v) is 40.9. The number of aryl methyl sites for hydroxylation is 2. The number of fused-ring (bicyclic) bond motifs is 18. The Balaban J connectivity index is 0.000000174. The summed E-state index contributed by atoms with van der Waals surface area (Å²) in [5.74, 6) is -0.291. The molecule has 14 heterocycles. The highest BCUT2D eigenvalue weighted by atomic mass is 32.2.